The van der Waals surface area contributed by atoms with Crippen LogP contribution in [-0.2, 0) is 0 Å². The number of amides is 1. The van der Waals surface area contributed by atoms with E-state index in [0.29, 0.717) is 5.57 Å². The molecule has 0 spiro atoms. The Kier molecular flexibility index (Phi) is 3.49. The molecule has 0 aromatic heterocycles. The van der Waals surface area contributed by atoms with Gasteiger partial charge in [-0.2, -0.15) is 0 Å². The van der Waals surface area contributed by atoms with Crippen molar-refractivity contribution in [2.45, 2.75) is 13.0 Å². The number of carbonyl (C=O) groups is 1. The topological polar surface area (TPSA) is 69.6 Å². The molecule has 1 unspecified atom stereocenters. The van der Waals surface area contributed by atoms with E-state index < -0.39 is 12.1 Å². The van der Waals surface area contributed by atoms with Crippen molar-refractivity contribution in [1.29, 1.82) is 0 Å². The second-order valence-electron chi connectivity index (χ2n) is 2.03. The van der Waals surface area contributed by atoms with Gasteiger partial charge in [-0.1, -0.05) is 12.2 Å². The summed E-state index contributed by atoms with van der Waals surface area (Å²) in [5, 5.41) is 18.9. The van der Waals surface area contributed by atoms with Crippen LogP contribution < -0.4 is 5.32 Å². The summed E-state index contributed by atoms with van der Waals surface area (Å²) in [6.45, 7) is 4.89. The van der Waals surface area contributed by atoms with E-state index in [9.17, 15) is 4.79 Å². The van der Waals surface area contributed by atoms with Crippen LogP contribution in [-0.4, -0.2) is 29.0 Å². The molecule has 0 rings (SSSR count). The van der Waals surface area contributed by atoms with Gasteiger partial charge in [0.2, 0.25) is 0 Å². The molecular formula is C6H11NO3. The highest BCUT2D eigenvalue weighted by atomic mass is 16.4. The lowest BCUT2D eigenvalue weighted by Gasteiger charge is -2.12. The molecule has 0 aliphatic rings. The summed E-state index contributed by atoms with van der Waals surface area (Å²) < 4.78 is 0. The second kappa shape index (κ2) is 3.90. The lowest BCUT2D eigenvalue weighted by atomic mass is 10.2. The zero-order valence-corrected chi connectivity index (χ0v) is 5.79. The van der Waals surface area contributed by atoms with E-state index in [2.05, 4.69) is 11.9 Å². The molecule has 4 heteroatoms. The molecule has 10 heavy (non-hydrogen) atoms. The van der Waals surface area contributed by atoms with E-state index in [-0.39, 0.29) is 6.61 Å². The van der Waals surface area contributed by atoms with Crippen molar-refractivity contribution in [3.63, 3.8) is 0 Å². The first kappa shape index (κ1) is 8.97. The van der Waals surface area contributed by atoms with Crippen LogP contribution in [0.5, 0.6) is 0 Å². The Morgan fingerprint density at radius 1 is 1.80 bits per heavy atom. The van der Waals surface area contributed by atoms with Gasteiger partial charge in [0, 0.05) is 0 Å². The maximum atomic E-state index is 10.0. The third-order valence-corrected chi connectivity index (χ3v) is 1.08. The van der Waals surface area contributed by atoms with Crippen molar-refractivity contribution in [2.24, 2.45) is 0 Å². The molecule has 0 aliphatic heterocycles. The lowest BCUT2D eigenvalue weighted by molar-refractivity contribution is 0.182. The van der Waals surface area contributed by atoms with Gasteiger partial charge in [-0.3, -0.25) is 0 Å². The molecule has 58 valence electrons. The molecule has 1 amide bonds. The summed E-state index contributed by atoms with van der Waals surface area (Å²) in [5.41, 5.74) is 0.602. The monoisotopic (exact) mass is 145 g/mol. The minimum Gasteiger partial charge on any atom is -0.465 e. The average molecular weight is 145 g/mol. The van der Waals surface area contributed by atoms with Gasteiger partial charge < -0.3 is 15.5 Å². The quantitative estimate of drug-likeness (QED) is 0.496. The van der Waals surface area contributed by atoms with E-state index in [0.717, 1.165) is 0 Å². The van der Waals surface area contributed by atoms with E-state index in [1.54, 1.807) is 6.92 Å². The van der Waals surface area contributed by atoms with Gasteiger partial charge in [-0.05, 0) is 6.92 Å². The predicted octanol–water partition coefficient (Wildman–Crippen LogP) is 0.191. The van der Waals surface area contributed by atoms with Gasteiger partial charge >= 0.3 is 6.09 Å². The van der Waals surface area contributed by atoms with Crippen LogP contribution in [0.25, 0.3) is 0 Å². The molecular weight excluding hydrogens is 134 g/mol. The molecule has 0 aromatic carbocycles. The highest BCUT2D eigenvalue weighted by molar-refractivity contribution is 5.65. The Morgan fingerprint density at radius 3 is 2.40 bits per heavy atom. The normalized spacial score (nSPS) is 12.2. The summed E-state index contributed by atoms with van der Waals surface area (Å²) in [5.74, 6) is 0. The third-order valence-electron chi connectivity index (χ3n) is 1.08. The number of hydrogen-bond acceptors (Lipinski definition) is 2. The third kappa shape index (κ3) is 3.09. The Bertz CT molecular complexity index is 144. The molecule has 0 heterocycles. The predicted molar refractivity (Wildman–Crippen MR) is 36.8 cm³/mol. The summed E-state index contributed by atoms with van der Waals surface area (Å²) in [7, 11) is 0. The number of aliphatic hydroxyl groups is 1. The molecule has 0 radical (unpaired) electrons. The number of nitrogens with one attached hydrogen (secondary N) is 1. The van der Waals surface area contributed by atoms with Gasteiger partial charge in [0.25, 0.3) is 0 Å². The van der Waals surface area contributed by atoms with Gasteiger partial charge in [0.05, 0.1) is 12.6 Å². The minimum atomic E-state index is -1.15. The molecule has 0 aliphatic carbocycles. The average Bonchev–Trinajstić information content (AvgIpc) is 1.81. The van der Waals surface area contributed by atoms with Crippen molar-refractivity contribution in [2.75, 3.05) is 6.61 Å². The van der Waals surface area contributed by atoms with Crippen LogP contribution in [0.15, 0.2) is 12.2 Å². The zero-order valence-electron chi connectivity index (χ0n) is 5.79. The van der Waals surface area contributed by atoms with Gasteiger partial charge in [-0.25, -0.2) is 4.79 Å². The maximum Gasteiger partial charge on any atom is 0.405 e. The van der Waals surface area contributed by atoms with Crippen LogP contribution in [0.1, 0.15) is 6.92 Å². The van der Waals surface area contributed by atoms with Gasteiger partial charge in [-0.15, -0.1) is 0 Å². The van der Waals surface area contributed by atoms with Crippen LogP contribution in [0.3, 0.4) is 0 Å². The fraction of sp³-hybridized carbons (Fsp3) is 0.500. The van der Waals surface area contributed by atoms with E-state index in [1.807, 2.05) is 0 Å². The molecule has 0 aromatic rings. The Labute approximate surface area is 59.2 Å². The smallest absolute Gasteiger partial charge is 0.405 e. The first-order chi connectivity index (χ1) is 4.57. The maximum absolute atomic E-state index is 10.0. The number of hydrogen-bond donors (Lipinski definition) is 3. The molecule has 3 N–H and O–H groups in total. The molecule has 0 fully saturated rings. The lowest BCUT2D eigenvalue weighted by Crippen LogP contribution is -2.36. The number of aliphatic hydroxyl groups excluding tert-OH is 1. The molecule has 0 saturated heterocycles. The van der Waals surface area contributed by atoms with Crippen LogP contribution in [0, 0.1) is 0 Å². The first-order valence-electron chi connectivity index (χ1n) is 2.83. The number of rotatable bonds is 3. The summed E-state index contributed by atoms with van der Waals surface area (Å²) in [6.07, 6.45) is -1.15. The Balaban J connectivity index is 3.83. The summed E-state index contributed by atoms with van der Waals surface area (Å²) >= 11 is 0. The zero-order chi connectivity index (χ0) is 8.15. The SMILES string of the molecule is C=C(C)C(CO)NC(=O)O. The molecule has 0 saturated carbocycles. The highest BCUT2D eigenvalue weighted by Gasteiger charge is 2.09. The molecule has 0 bridgehead atoms. The second-order valence-corrected chi connectivity index (χ2v) is 2.03. The largest absolute Gasteiger partial charge is 0.465 e. The van der Waals surface area contributed by atoms with E-state index in [4.69, 9.17) is 10.2 Å². The fourth-order valence-electron chi connectivity index (χ4n) is 0.474. The van der Waals surface area contributed by atoms with Crippen molar-refractivity contribution >= 4 is 6.09 Å². The molecule has 1 atom stereocenters. The fourth-order valence-corrected chi connectivity index (χ4v) is 0.474. The van der Waals surface area contributed by atoms with Gasteiger partial charge in [0.1, 0.15) is 0 Å². The van der Waals surface area contributed by atoms with Crippen molar-refractivity contribution in [3.8, 4) is 0 Å². The highest BCUT2D eigenvalue weighted by Crippen LogP contribution is 1.95. The van der Waals surface area contributed by atoms with Crippen molar-refractivity contribution < 1.29 is 15.0 Å². The summed E-state index contributed by atoms with van der Waals surface area (Å²) in [6, 6.07) is -0.544. The van der Waals surface area contributed by atoms with E-state index >= 15 is 0 Å². The standard InChI is InChI=1S/C6H11NO3/c1-4(2)5(3-8)7-6(9)10/h5,7-8H,1,3H2,2H3,(H,9,10). The Morgan fingerprint density at radius 2 is 2.30 bits per heavy atom. The van der Waals surface area contributed by atoms with Crippen molar-refractivity contribution in [1.82, 2.24) is 5.32 Å². The first-order valence-corrected chi connectivity index (χ1v) is 2.83. The minimum absolute atomic E-state index is 0.248. The Hall–Kier alpha value is -1.03. The van der Waals surface area contributed by atoms with Crippen molar-refractivity contribution in [3.05, 3.63) is 12.2 Å². The van der Waals surface area contributed by atoms with Crippen LogP contribution >= 0.6 is 0 Å². The summed E-state index contributed by atoms with van der Waals surface area (Å²) in [4.78, 5) is 10.0. The van der Waals surface area contributed by atoms with Crippen LogP contribution in [0.4, 0.5) is 4.79 Å². The van der Waals surface area contributed by atoms with Gasteiger partial charge in [0.15, 0.2) is 0 Å². The molecule has 4 nitrogen and oxygen atoms in total. The van der Waals surface area contributed by atoms with Crippen LogP contribution in [0.2, 0.25) is 0 Å². The van der Waals surface area contributed by atoms with E-state index in [1.165, 1.54) is 0 Å². The number of carboxylic acid groups (broad SMARTS) is 1.